The van der Waals surface area contributed by atoms with Crippen LogP contribution in [0.4, 0.5) is 0 Å². The van der Waals surface area contributed by atoms with Crippen LogP contribution in [0.15, 0.2) is 47.8 Å². The van der Waals surface area contributed by atoms with Gasteiger partial charge in [-0.05, 0) is 37.7 Å². The molecule has 1 aromatic heterocycles. The monoisotopic (exact) mass is 757 g/mol. The van der Waals surface area contributed by atoms with Crippen LogP contribution in [-0.4, -0.2) is 110 Å². The molecule has 0 saturated heterocycles. The van der Waals surface area contributed by atoms with Crippen molar-refractivity contribution in [3.8, 4) is 0 Å². The molecule has 0 fully saturated rings. The largest absolute Gasteiger partial charge is 0.481 e. The van der Waals surface area contributed by atoms with Crippen molar-refractivity contribution in [2.75, 3.05) is 6.54 Å². The number of aromatic amines is 1. The van der Waals surface area contributed by atoms with Crippen molar-refractivity contribution in [1.82, 2.24) is 36.6 Å². The van der Waals surface area contributed by atoms with Crippen LogP contribution in [0.3, 0.4) is 0 Å². The zero-order valence-corrected chi connectivity index (χ0v) is 30.4. The van der Waals surface area contributed by atoms with Crippen molar-refractivity contribution >= 4 is 47.4 Å². The van der Waals surface area contributed by atoms with Crippen molar-refractivity contribution in [1.29, 1.82) is 0 Å². The molecule has 0 aliphatic carbocycles. The Morgan fingerprint density at radius 1 is 0.778 bits per heavy atom. The number of aliphatic carboxylic acids is 2. The number of nitrogens with one attached hydrogen (secondary N) is 6. The highest BCUT2D eigenvalue weighted by atomic mass is 16.4. The molecule has 1 heterocycles. The first-order valence-corrected chi connectivity index (χ1v) is 17.2. The van der Waals surface area contributed by atoms with Crippen LogP contribution in [0.25, 0.3) is 0 Å². The molecule has 5 amide bonds. The number of H-pyrrole nitrogens is 1. The summed E-state index contributed by atoms with van der Waals surface area (Å²) in [5, 5.41) is 31.5. The Labute approximate surface area is 311 Å². The van der Waals surface area contributed by atoms with Crippen molar-refractivity contribution < 1.29 is 43.8 Å². The highest BCUT2D eigenvalue weighted by molar-refractivity contribution is 5.97. The number of carboxylic acid groups (broad SMARTS) is 2. The number of benzene rings is 1. The number of hydrogen-bond acceptors (Lipinski definition) is 10. The fraction of sp³-hybridized carbons (Fsp3) is 0.500. The number of rotatable bonds is 23. The summed E-state index contributed by atoms with van der Waals surface area (Å²) in [5.41, 5.74) is 17.5. The lowest BCUT2D eigenvalue weighted by Gasteiger charge is -2.26. The first-order chi connectivity index (χ1) is 25.5. The Bertz CT molecular complexity index is 1600. The summed E-state index contributed by atoms with van der Waals surface area (Å²) >= 11 is 0. The van der Waals surface area contributed by atoms with Gasteiger partial charge in [-0.2, -0.15) is 0 Å². The van der Waals surface area contributed by atoms with Crippen LogP contribution in [0, 0.1) is 5.92 Å². The number of carbonyl (C=O) groups is 7. The fourth-order valence-electron chi connectivity index (χ4n) is 5.11. The molecule has 0 radical (unpaired) electrons. The summed E-state index contributed by atoms with van der Waals surface area (Å²) in [6, 6.07) is 0.652. The number of aromatic nitrogens is 2. The molecule has 1 aromatic carbocycles. The highest BCUT2D eigenvalue weighted by Gasteiger charge is 2.33. The van der Waals surface area contributed by atoms with Crippen molar-refractivity contribution in [3.63, 3.8) is 0 Å². The van der Waals surface area contributed by atoms with Crippen molar-refractivity contribution in [3.05, 3.63) is 54.1 Å². The first kappa shape index (κ1) is 44.1. The van der Waals surface area contributed by atoms with E-state index >= 15 is 0 Å². The van der Waals surface area contributed by atoms with E-state index in [1.54, 1.807) is 44.2 Å². The van der Waals surface area contributed by atoms with Gasteiger partial charge < -0.3 is 59.0 Å². The second kappa shape index (κ2) is 22.1. The summed E-state index contributed by atoms with van der Waals surface area (Å²) in [4.78, 5) is 101. The van der Waals surface area contributed by atoms with Gasteiger partial charge >= 0.3 is 11.9 Å². The normalized spacial score (nSPS) is 14.2. The molecule has 20 nitrogen and oxygen atoms in total. The third-order valence-electron chi connectivity index (χ3n) is 7.92. The lowest BCUT2D eigenvalue weighted by Crippen LogP contribution is -2.60. The number of guanidine groups is 1. The molecule has 0 spiro atoms. The maximum absolute atomic E-state index is 13.9. The molecule has 0 aliphatic heterocycles. The number of aliphatic imine (C=N–C) groups is 1. The molecule has 20 heteroatoms. The van der Waals surface area contributed by atoms with Gasteiger partial charge in [-0.1, -0.05) is 44.2 Å². The number of nitrogens with zero attached hydrogens (tertiary/aromatic N) is 2. The van der Waals surface area contributed by atoms with Gasteiger partial charge in [-0.15, -0.1) is 0 Å². The van der Waals surface area contributed by atoms with Crippen LogP contribution >= 0.6 is 0 Å². The van der Waals surface area contributed by atoms with Crippen LogP contribution in [0.2, 0.25) is 0 Å². The summed E-state index contributed by atoms with van der Waals surface area (Å²) in [7, 11) is 0. The summed E-state index contributed by atoms with van der Waals surface area (Å²) in [6.45, 7) is 5.12. The molecular weight excluding hydrogens is 706 g/mol. The Hall–Kier alpha value is -6.05. The average Bonchev–Trinajstić information content (AvgIpc) is 3.61. The minimum Gasteiger partial charge on any atom is -0.481 e. The molecule has 14 N–H and O–H groups in total. The molecule has 6 atom stereocenters. The SMILES string of the molecule is CC(C)C[C@H](NC(=O)[C@H](Cc1ccccc1)NC(=O)[C@H](Cc1cnc[nH]1)NC(=O)[C@H](CC(=O)O)NC(=O)[C@H](C)NC(=O)[C@@H](N)CCCN=C(N)N)C(=O)O. The fourth-order valence-corrected chi connectivity index (χ4v) is 5.11. The van der Waals surface area contributed by atoms with E-state index in [0.717, 1.165) is 0 Å². The van der Waals surface area contributed by atoms with Crippen LogP contribution in [0.1, 0.15) is 57.7 Å². The zero-order chi connectivity index (χ0) is 40.4. The van der Waals surface area contributed by atoms with Crippen molar-refractivity contribution in [2.45, 2.75) is 95.5 Å². The predicted molar refractivity (Wildman–Crippen MR) is 195 cm³/mol. The van der Waals surface area contributed by atoms with E-state index in [-0.39, 0.29) is 44.1 Å². The number of hydrogen-bond donors (Lipinski definition) is 11. The van der Waals surface area contributed by atoms with Gasteiger partial charge in [0.2, 0.25) is 29.5 Å². The lowest BCUT2D eigenvalue weighted by molar-refractivity contribution is -0.142. The minimum atomic E-state index is -1.71. The summed E-state index contributed by atoms with van der Waals surface area (Å²) in [6.07, 6.45) is 2.26. The third kappa shape index (κ3) is 16.1. The minimum absolute atomic E-state index is 0.0433. The topological polar surface area (TPSA) is 339 Å². The van der Waals surface area contributed by atoms with E-state index in [0.29, 0.717) is 17.7 Å². The second-order valence-electron chi connectivity index (χ2n) is 13.1. The van der Waals surface area contributed by atoms with Gasteiger partial charge in [0.15, 0.2) is 5.96 Å². The third-order valence-corrected chi connectivity index (χ3v) is 7.92. The molecule has 0 unspecified atom stereocenters. The molecule has 0 aliphatic rings. The van der Waals surface area contributed by atoms with E-state index in [9.17, 15) is 43.8 Å². The Morgan fingerprint density at radius 2 is 1.35 bits per heavy atom. The summed E-state index contributed by atoms with van der Waals surface area (Å²) in [5.74, 6) is -7.24. The standard InChI is InChI=1S/C34H51N11O9/c1-18(2)12-26(33(53)54)45-30(50)23(13-20-8-5-4-6-9-20)43-31(51)24(14-21-16-38-17-40-21)44-32(52)25(15-27(46)47)42-28(48)19(3)41-29(49)22(35)10-7-11-39-34(36)37/h4-6,8-9,16-19,22-26H,7,10-15,35H2,1-3H3,(H,38,40)(H,41,49)(H,42,48)(H,43,51)(H,44,52)(H,45,50)(H,46,47)(H,53,54)(H4,36,37,39)/t19-,22-,23-,24-,25-,26-/m0/s1. The quantitative estimate of drug-likeness (QED) is 0.0321. The van der Waals surface area contributed by atoms with Crippen LogP contribution in [-0.2, 0) is 46.4 Å². The highest BCUT2D eigenvalue weighted by Crippen LogP contribution is 2.10. The molecule has 2 aromatic rings. The predicted octanol–water partition coefficient (Wildman–Crippen LogP) is -2.37. The van der Waals surface area contributed by atoms with Crippen molar-refractivity contribution in [2.24, 2.45) is 28.1 Å². The molecular formula is C34H51N11O9. The van der Waals surface area contributed by atoms with Gasteiger partial charge in [0.05, 0.1) is 18.8 Å². The van der Waals surface area contributed by atoms with E-state index in [2.05, 4.69) is 41.5 Å². The van der Waals surface area contributed by atoms with Gasteiger partial charge in [0, 0.05) is 31.3 Å². The van der Waals surface area contributed by atoms with Gasteiger partial charge in [0.1, 0.15) is 30.2 Å². The molecule has 54 heavy (non-hydrogen) atoms. The van der Waals surface area contributed by atoms with E-state index < -0.39 is 84.1 Å². The second-order valence-corrected chi connectivity index (χ2v) is 13.1. The zero-order valence-electron chi connectivity index (χ0n) is 30.4. The van der Waals surface area contributed by atoms with Crippen LogP contribution in [0.5, 0.6) is 0 Å². The first-order valence-electron chi connectivity index (χ1n) is 17.2. The molecule has 0 saturated carbocycles. The summed E-state index contributed by atoms with van der Waals surface area (Å²) < 4.78 is 0. The van der Waals surface area contributed by atoms with Gasteiger partial charge in [-0.3, -0.25) is 33.8 Å². The smallest absolute Gasteiger partial charge is 0.326 e. The molecule has 0 bridgehead atoms. The maximum Gasteiger partial charge on any atom is 0.326 e. The number of carbonyl (C=O) groups excluding carboxylic acids is 5. The van der Waals surface area contributed by atoms with E-state index in [1.165, 1.54) is 19.4 Å². The van der Waals surface area contributed by atoms with E-state index in [1.807, 2.05) is 0 Å². The van der Waals surface area contributed by atoms with Crippen LogP contribution < -0.4 is 43.8 Å². The average molecular weight is 758 g/mol. The van der Waals surface area contributed by atoms with Gasteiger partial charge in [0.25, 0.3) is 0 Å². The van der Waals surface area contributed by atoms with Gasteiger partial charge in [-0.25, -0.2) is 9.78 Å². The molecule has 296 valence electrons. The number of nitrogens with two attached hydrogens (primary N) is 3. The number of imidazole rings is 1. The number of amides is 5. The number of carboxylic acids is 2. The Morgan fingerprint density at radius 3 is 1.89 bits per heavy atom. The Kier molecular flexibility index (Phi) is 18.1. The van der Waals surface area contributed by atoms with E-state index in [4.69, 9.17) is 17.2 Å². The lowest BCUT2D eigenvalue weighted by atomic mass is 10.0. The Balaban J connectivity index is 2.27. The maximum atomic E-state index is 13.9. The molecule has 2 rings (SSSR count).